The van der Waals surface area contributed by atoms with Crippen LogP contribution in [0.5, 0.6) is 0 Å². The molecule has 1 aromatic heterocycles. The van der Waals surface area contributed by atoms with Crippen molar-refractivity contribution < 1.29 is 19.8 Å². The summed E-state index contributed by atoms with van der Waals surface area (Å²) in [5.41, 5.74) is 1.13. The number of rotatable bonds is 4. The number of carboxylic acids is 2. The van der Waals surface area contributed by atoms with Gasteiger partial charge in [-0.05, 0) is 25.9 Å². The number of carboxylic acid groups (broad SMARTS) is 2. The molecule has 8 nitrogen and oxygen atoms in total. The first-order valence-corrected chi connectivity index (χ1v) is 8.03. The summed E-state index contributed by atoms with van der Waals surface area (Å²) in [6, 6.07) is 2.93. The van der Waals surface area contributed by atoms with E-state index in [4.69, 9.17) is 10.2 Å². The molecule has 0 saturated carbocycles. The Hall–Kier alpha value is -2.19. The number of hydrogen-bond donors (Lipinski definition) is 3. The van der Waals surface area contributed by atoms with Gasteiger partial charge in [-0.2, -0.15) is 0 Å². The Kier molecular flexibility index (Phi) is 6.51. The van der Waals surface area contributed by atoms with Crippen LogP contribution in [0.4, 0.5) is 0 Å². The molecule has 2 bridgehead atoms. The Bertz CT molecular complexity index is 594. The van der Waals surface area contributed by atoms with E-state index in [2.05, 4.69) is 4.98 Å². The first-order chi connectivity index (χ1) is 11.4. The zero-order valence-corrected chi connectivity index (χ0v) is 13.5. The highest BCUT2D eigenvalue weighted by Crippen LogP contribution is 2.10. The quantitative estimate of drug-likeness (QED) is 0.725. The van der Waals surface area contributed by atoms with Crippen molar-refractivity contribution in [2.24, 2.45) is 0 Å². The third-order valence-corrected chi connectivity index (χ3v) is 3.91. The first-order valence-electron chi connectivity index (χ1n) is 8.03. The van der Waals surface area contributed by atoms with Gasteiger partial charge < -0.3 is 15.2 Å². The summed E-state index contributed by atoms with van der Waals surface area (Å²) in [5, 5.41) is 18.1. The van der Waals surface area contributed by atoms with Gasteiger partial charge in [0, 0.05) is 36.6 Å². The van der Waals surface area contributed by atoms with Crippen molar-refractivity contribution in [2.45, 2.75) is 32.4 Å². The average molecular weight is 337 g/mol. The Labute approximate surface area is 139 Å². The number of H-pyrrole nitrogens is 1. The van der Waals surface area contributed by atoms with Crippen molar-refractivity contribution in [3.63, 3.8) is 0 Å². The first kappa shape index (κ1) is 18.2. The monoisotopic (exact) mass is 337 g/mol. The second-order valence-corrected chi connectivity index (χ2v) is 6.14. The normalized spacial score (nSPS) is 17.7. The maximum absolute atomic E-state index is 11.9. The van der Waals surface area contributed by atoms with Crippen LogP contribution >= 0.6 is 0 Å². The zero-order valence-electron chi connectivity index (χ0n) is 13.5. The smallest absolute Gasteiger partial charge is 0.317 e. The van der Waals surface area contributed by atoms with Crippen LogP contribution in [-0.2, 0) is 22.7 Å². The average Bonchev–Trinajstić information content (AvgIpc) is 2.43. The van der Waals surface area contributed by atoms with Gasteiger partial charge in [-0.1, -0.05) is 6.42 Å². The molecule has 0 amide bonds. The zero-order chi connectivity index (χ0) is 17.5. The van der Waals surface area contributed by atoms with E-state index in [0.29, 0.717) is 37.6 Å². The predicted octanol–water partition coefficient (Wildman–Crippen LogP) is 0.332. The molecular formula is C16H23N3O5. The summed E-state index contributed by atoms with van der Waals surface area (Å²) in [7, 11) is 0. The van der Waals surface area contributed by atoms with E-state index < -0.39 is 11.9 Å². The van der Waals surface area contributed by atoms with E-state index >= 15 is 0 Å². The molecule has 0 saturated heterocycles. The summed E-state index contributed by atoms with van der Waals surface area (Å²) >= 11 is 0. The van der Waals surface area contributed by atoms with Gasteiger partial charge >= 0.3 is 11.9 Å². The van der Waals surface area contributed by atoms with Crippen LogP contribution in [0.1, 0.15) is 30.7 Å². The molecule has 1 aliphatic rings. The van der Waals surface area contributed by atoms with Crippen LogP contribution in [0.15, 0.2) is 16.9 Å². The molecule has 2 rings (SSSR count). The van der Waals surface area contributed by atoms with Gasteiger partial charge in [-0.15, -0.1) is 0 Å². The van der Waals surface area contributed by atoms with Crippen LogP contribution in [0, 0.1) is 0 Å². The molecular weight excluding hydrogens is 314 g/mol. The lowest BCUT2D eigenvalue weighted by atomic mass is 10.2. The van der Waals surface area contributed by atoms with Crippen molar-refractivity contribution >= 4 is 11.9 Å². The molecule has 0 spiro atoms. The fraction of sp³-hybridized carbons (Fsp3) is 0.562. The Morgan fingerprint density at radius 3 is 1.79 bits per heavy atom. The standard InChI is InChI=1S/C16H23N3O5/c20-14-6-12-8-18(10-15(21)22)4-2-1-3-5-19(11-16(23)24)9-13(7-14)17-12/h6-7H,1-5,8-11H2,(H,17,20)(H,21,22)(H,23,24). The summed E-state index contributed by atoms with van der Waals surface area (Å²) < 4.78 is 0. The Morgan fingerprint density at radius 2 is 1.38 bits per heavy atom. The van der Waals surface area contributed by atoms with Crippen LogP contribution in [0.3, 0.4) is 0 Å². The van der Waals surface area contributed by atoms with E-state index in [1.165, 1.54) is 12.1 Å². The fourth-order valence-electron chi connectivity index (χ4n) is 2.97. The molecule has 1 aliphatic heterocycles. The molecule has 0 fully saturated rings. The van der Waals surface area contributed by atoms with Crippen LogP contribution in [0.25, 0.3) is 0 Å². The lowest BCUT2D eigenvalue weighted by Crippen LogP contribution is -2.33. The van der Waals surface area contributed by atoms with Gasteiger partial charge in [0.25, 0.3) is 0 Å². The van der Waals surface area contributed by atoms with E-state index in [-0.39, 0.29) is 18.5 Å². The molecule has 1 aromatic rings. The van der Waals surface area contributed by atoms with Gasteiger partial charge in [-0.3, -0.25) is 24.2 Å². The van der Waals surface area contributed by atoms with Crippen LogP contribution in [0.2, 0.25) is 0 Å². The Balaban J connectivity index is 2.23. The number of nitrogens with one attached hydrogen (secondary N) is 1. The fourth-order valence-corrected chi connectivity index (χ4v) is 2.97. The van der Waals surface area contributed by atoms with Gasteiger partial charge in [0.2, 0.25) is 0 Å². The minimum Gasteiger partial charge on any atom is -0.480 e. The lowest BCUT2D eigenvalue weighted by molar-refractivity contribution is -0.139. The van der Waals surface area contributed by atoms with Crippen molar-refractivity contribution in [1.82, 2.24) is 14.8 Å². The summed E-state index contributed by atoms with van der Waals surface area (Å²) in [5.74, 6) is -1.79. The van der Waals surface area contributed by atoms with Crippen molar-refractivity contribution in [3.05, 3.63) is 33.7 Å². The molecule has 0 aliphatic carbocycles. The maximum Gasteiger partial charge on any atom is 0.317 e. The molecule has 2 heterocycles. The number of aromatic nitrogens is 1. The third-order valence-electron chi connectivity index (χ3n) is 3.91. The van der Waals surface area contributed by atoms with Gasteiger partial charge in [0.1, 0.15) is 0 Å². The number of hydrogen-bond acceptors (Lipinski definition) is 5. The number of aromatic amines is 1. The van der Waals surface area contributed by atoms with Crippen molar-refractivity contribution in [1.29, 1.82) is 0 Å². The minimum absolute atomic E-state index is 0.0720. The SMILES string of the molecule is O=C(O)CN1CCCCCN(CC(=O)O)Cc2cc(=O)cc([nH]2)C1. The van der Waals surface area contributed by atoms with E-state index in [1.54, 1.807) is 9.80 Å². The van der Waals surface area contributed by atoms with E-state index in [9.17, 15) is 14.4 Å². The molecule has 0 aromatic carbocycles. The number of pyridine rings is 1. The lowest BCUT2D eigenvalue weighted by Gasteiger charge is -2.24. The topological polar surface area (TPSA) is 114 Å². The molecule has 132 valence electrons. The summed E-state index contributed by atoms with van der Waals surface area (Å²) in [6.07, 6.45) is 2.56. The second kappa shape index (κ2) is 8.60. The van der Waals surface area contributed by atoms with Crippen LogP contribution in [-0.4, -0.2) is 63.1 Å². The maximum atomic E-state index is 11.9. The second-order valence-electron chi connectivity index (χ2n) is 6.14. The van der Waals surface area contributed by atoms with Gasteiger partial charge in [0.15, 0.2) is 5.43 Å². The number of fused-ring (bicyclic) bond motifs is 2. The van der Waals surface area contributed by atoms with Gasteiger partial charge in [-0.25, -0.2) is 0 Å². The van der Waals surface area contributed by atoms with Crippen molar-refractivity contribution in [2.75, 3.05) is 26.2 Å². The van der Waals surface area contributed by atoms with E-state index in [1.807, 2.05) is 0 Å². The number of carbonyl (C=O) groups is 2. The minimum atomic E-state index is -0.895. The largest absolute Gasteiger partial charge is 0.480 e. The molecule has 0 unspecified atom stereocenters. The highest BCUT2D eigenvalue weighted by Gasteiger charge is 2.15. The summed E-state index contributed by atoms with van der Waals surface area (Å²) in [4.78, 5) is 40.6. The van der Waals surface area contributed by atoms with Crippen molar-refractivity contribution in [3.8, 4) is 0 Å². The van der Waals surface area contributed by atoms with E-state index in [0.717, 1.165) is 19.3 Å². The Morgan fingerprint density at radius 1 is 0.917 bits per heavy atom. The third kappa shape index (κ3) is 6.13. The molecule has 3 N–H and O–H groups in total. The van der Waals surface area contributed by atoms with Gasteiger partial charge in [0.05, 0.1) is 13.1 Å². The van der Waals surface area contributed by atoms with Crippen LogP contribution < -0.4 is 5.43 Å². The summed E-state index contributed by atoms with van der Waals surface area (Å²) in [6.45, 7) is 1.81. The predicted molar refractivity (Wildman–Crippen MR) is 86.7 cm³/mol. The molecule has 24 heavy (non-hydrogen) atoms. The molecule has 0 radical (unpaired) electrons. The highest BCUT2D eigenvalue weighted by atomic mass is 16.4. The molecule has 0 atom stereocenters. The molecule has 8 heteroatoms. The number of nitrogens with zero attached hydrogens (tertiary/aromatic N) is 2. The highest BCUT2D eigenvalue weighted by molar-refractivity contribution is 5.69. The number of aliphatic carboxylic acids is 2.